The largest absolute Gasteiger partial charge is 0.496 e. The molecule has 0 aliphatic rings. The summed E-state index contributed by atoms with van der Waals surface area (Å²) in [6, 6.07) is 18.9. The van der Waals surface area contributed by atoms with Crippen molar-refractivity contribution in [2.24, 2.45) is 0 Å². The fourth-order valence-electron chi connectivity index (χ4n) is 5.54. The van der Waals surface area contributed by atoms with E-state index in [4.69, 9.17) is 13.6 Å². The molecular weight excluding hydrogens is 599 g/mol. The Labute approximate surface area is 262 Å². The Morgan fingerprint density at radius 3 is 2.46 bits per heavy atom. The third kappa shape index (κ3) is 5.65. The number of nitrogens with one attached hydrogen (secondary N) is 1. The number of aliphatic hydroxyl groups excluding tert-OH is 1. The van der Waals surface area contributed by atoms with Gasteiger partial charge in [-0.05, 0) is 60.2 Å². The third-order valence-electron chi connectivity index (χ3n) is 7.82. The Hall–Kier alpha value is -5.29. The number of aromatic nitrogens is 1. The van der Waals surface area contributed by atoms with Crippen molar-refractivity contribution in [2.45, 2.75) is 12.5 Å². The number of nitrogens with zero attached hydrogens (tertiary/aromatic N) is 2. The lowest BCUT2D eigenvalue weighted by Gasteiger charge is -2.25. The maximum atomic E-state index is 14.5. The second-order valence-corrected chi connectivity index (χ2v) is 10.8. The Bertz CT molecular complexity index is 2060. The molecule has 0 aliphatic carbocycles. The predicted octanol–water partition coefficient (Wildman–Crippen LogP) is 7.38. The van der Waals surface area contributed by atoms with Crippen molar-refractivity contribution in [1.82, 2.24) is 10.3 Å². The van der Waals surface area contributed by atoms with Gasteiger partial charge in [-0.3, -0.25) is 9.18 Å². The number of fused-ring (bicyclic) bond motifs is 2. The summed E-state index contributed by atoms with van der Waals surface area (Å²) in [6.07, 6.45) is -0.994. The highest BCUT2D eigenvalue weighted by atomic mass is 19.1. The van der Waals surface area contributed by atoms with Crippen LogP contribution in [0, 0.1) is 11.6 Å². The van der Waals surface area contributed by atoms with E-state index in [1.165, 1.54) is 50.6 Å². The monoisotopic (exact) mass is 629 g/mol. The highest BCUT2D eigenvalue weighted by Gasteiger charge is 2.26. The minimum absolute atomic E-state index is 0.0425. The number of hydrogen-bond acceptors (Lipinski definition) is 7. The summed E-state index contributed by atoms with van der Waals surface area (Å²) in [5.41, 5.74) is 3.80. The van der Waals surface area contributed by atoms with Crippen LogP contribution in [0.2, 0.25) is 0 Å². The number of anilines is 1. The highest BCUT2D eigenvalue weighted by Crippen LogP contribution is 2.43. The van der Waals surface area contributed by atoms with Crippen molar-refractivity contribution in [1.29, 1.82) is 0 Å². The number of halogens is 3. The van der Waals surface area contributed by atoms with Crippen LogP contribution in [-0.2, 0) is 0 Å². The number of benzene rings is 4. The number of furan rings is 1. The van der Waals surface area contributed by atoms with Crippen molar-refractivity contribution >= 4 is 33.7 Å². The van der Waals surface area contributed by atoms with E-state index in [2.05, 4.69) is 10.3 Å². The van der Waals surface area contributed by atoms with Crippen LogP contribution in [0.5, 0.6) is 5.75 Å². The summed E-state index contributed by atoms with van der Waals surface area (Å²) in [4.78, 5) is 19.4. The van der Waals surface area contributed by atoms with Crippen molar-refractivity contribution in [3.05, 3.63) is 90.0 Å². The van der Waals surface area contributed by atoms with Crippen LogP contribution < -0.4 is 15.0 Å². The summed E-state index contributed by atoms with van der Waals surface area (Å²) in [7, 11) is 4.75. The van der Waals surface area contributed by atoms with Gasteiger partial charge in [0.2, 0.25) is 5.89 Å². The molecule has 11 heteroatoms. The molecule has 1 unspecified atom stereocenters. The van der Waals surface area contributed by atoms with Crippen LogP contribution in [0.3, 0.4) is 0 Å². The summed E-state index contributed by atoms with van der Waals surface area (Å²) in [5.74, 6) is -0.549. The zero-order valence-electron chi connectivity index (χ0n) is 25.2. The minimum atomic E-state index is -0.951. The zero-order valence-corrected chi connectivity index (χ0v) is 25.2. The number of aliphatic hydroxyl groups is 1. The Kier molecular flexibility index (Phi) is 8.42. The maximum Gasteiger partial charge on any atom is 0.255 e. The van der Waals surface area contributed by atoms with Gasteiger partial charge in [0.25, 0.3) is 5.91 Å². The topological polar surface area (TPSA) is 101 Å². The number of hydrogen-bond donors (Lipinski definition) is 2. The number of alkyl halides is 1. The van der Waals surface area contributed by atoms with E-state index in [1.807, 2.05) is 6.07 Å². The lowest BCUT2D eigenvalue weighted by Crippen LogP contribution is -2.29. The molecule has 2 N–H and O–H groups in total. The molecule has 4 aromatic carbocycles. The first kappa shape index (κ1) is 30.7. The second kappa shape index (κ2) is 12.6. The number of amides is 1. The van der Waals surface area contributed by atoms with E-state index in [-0.39, 0.29) is 41.3 Å². The van der Waals surface area contributed by atoms with Gasteiger partial charge in [-0.2, -0.15) is 0 Å². The number of methoxy groups -OCH3 is 1. The molecule has 2 heterocycles. The van der Waals surface area contributed by atoms with Gasteiger partial charge in [-0.25, -0.2) is 13.8 Å². The lowest BCUT2D eigenvalue weighted by atomic mass is 9.96. The molecule has 46 heavy (non-hydrogen) atoms. The average molecular weight is 630 g/mol. The highest BCUT2D eigenvalue weighted by molar-refractivity contribution is 6.13. The van der Waals surface area contributed by atoms with E-state index in [9.17, 15) is 23.1 Å². The van der Waals surface area contributed by atoms with E-state index < -0.39 is 30.3 Å². The number of rotatable bonds is 10. The molecule has 0 saturated carbocycles. The summed E-state index contributed by atoms with van der Waals surface area (Å²) < 4.78 is 59.1. The molecule has 8 nitrogen and oxygen atoms in total. The molecule has 236 valence electrons. The molecule has 6 aromatic rings. The number of carbonyl (C=O) groups is 1. The Morgan fingerprint density at radius 1 is 1.00 bits per heavy atom. The smallest absolute Gasteiger partial charge is 0.255 e. The molecule has 0 aliphatic heterocycles. The van der Waals surface area contributed by atoms with Crippen molar-refractivity contribution < 1.29 is 36.6 Å². The third-order valence-corrected chi connectivity index (χ3v) is 7.82. The van der Waals surface area contributed by atoms with Crippen LogP contribution >= 0.6 is 0 Å². The number of ether oxygens (including phenoxy) is 1. The number of oxazole rings is 1. The van der Waals surface area contributed by atoms with Crippen LogP contribution in [0.1, 0.15) is 16.8 Å². The first-order valence-electron chi connectivity index (χ1n) is 14.5. The number of para-hydroxylation sites is 1. The summed E-state index contributed by atoms with van der Waals surface area (Å²) in [6.45, 7) is -0.577. The van der Waals surface area contributed by atoms with Crippen molar-refractivity contribution in [3.63, 3.8) is 0 Å². The normalized spacial score (nSPS) is 12.1. The van der Waals surface area contributed by atoms with Gasteiger partial charge in [-0.15, -0.1) is 0 Å². The van der Waals surface area contributed by atoms with Gasteiger partial charge < -0.3 is 28.9 Å². The average Bonchev–Trinajstić information content (AvgIpc) is 3.66. The Balaban J connectivity index is 1.59. The second-order valence-electron chi connectivity index (χ2n) is 10.8. The molecular formula is C35H30F3N3O5. The predicted molar refractivity (Wildman–Crippen MR) is 170 cm³/mol. The maximum absolute atomic E-state index is 14.5. The molecule has 0 fully saturated rings. The first-order valence-corrected chi connectivity index (χ1v) is 14.5. The zero-order chi connectivity index (χ0) is 32.5. The van der Waals surface area contributed by atoms with E-state index in [0.29, 0.717) is 44.7 Å². The number of carbonyl (C=O) groups excluding carboxylic acids is 1. The van der Waals surface area contributed by atoms with E-state index in [0.717, 1.165) is 0 Å². The molecule has 0 spiro atoms. The molecule has 0 radical (unpaired) electrons. The minimum Gasteiger partial charge on any atom is -0.496 e. The molecule has 6 rings (SSSR count). The van der Waals surface area contributed by atoms with Crippen LogP contribution in [0.25, 0.3) is 56.0 Å². The SMILES string of the molecule is CNC(=O)c1c(-c2ccc(F)cc2)oc2cc(N(C)CC(O)CCF)c(-c3ccc(OC)c(-c4nc5c(F)cccc5o4)c3)cc12. The van der Waals surface area contributed by atoms with Gasteiger partial charge in [0.15, 0.2) is 11.4 Å². The Morgan fingerprint density at radius 2 is 1.76 bits per heavy atom. The fraction of sp³-hybridized carbons (Fsp3) is 0.200. The number of likely N-dealkylation sites (N-methyl/N-ethyl adjacent to an activating group) is 1. The summed E-state index contributed by atoms with van der Waals surface area (Å²) in [5, 5.41) is 13.6. The quantitative estimate of drug-likeness (QED) is 0.163. The fourth-order valence-corrected chi connectivity index (χ4v) is 5.54. The molecule has 0 saturated heterocycles. The molecule has 1 atom stereocenters. The van der Waals surface area contributed by atoms with Gasteiger partial charge in [0.05, 0.1) is 31.0 Å². The lowest BCUT2D eigenvalue weighted by molar-refractivity contribution is 0.0964. The molecule has 1 amide bonds. The van der Waals surface area contributed by atoms with Crippen LogP contribution in [0.15, 0.2) is 81.6 Å². The summed E-state index contributed by atoms with van der Waals surface area (Å²) >= 11 is 0. The standard InChI is InChI=1S/C35H30F3N3O5/c1-39-34(43)31-24-16-23(20-9-12-28(44-3)25(15-20)35-40-32-26(38)5-4-6-29(32)46-35)27(41(2)18-22(42)13-14-36)17-30(24)45-33(31)19-7-10-21(37)11-8-19/h4-12,15-17,22,42H,13-14,18H2,1-3H3,(H,39,43). The molecule has 0 bridgehead atoms. The van der Waals surface area contributed by atoms with Crippen molar-refractivity contribution in [3.8, 4) is 39.7 Å². The van der Waals surface area contributed by atoms with Crippen LogP contribution in [0.4, 0.5) is 18.9 Å². The first-order chi connectivity index (χ1) is 22.2. The van der Waals surface area contributed by atoms with Crippen LogP contribution in [-0.4, -0.2) is 56.5 Å². The van der Waals surface area contributed by atoms with E-state index in [1.54, 1.807) is 42.3 Å². The van der Waals surface area contributed by atoms with Gasteiger partial charge in [0.1, 0.15) is 28.4 Å². The van der Waals surface area contributed by atoms with E-state index >= 15 is 0 Å². The van der Waals surface area contributed by atoms with Crippen molar-refractivity contribution in [2.75, 3.05) is 39.3 Å². The van der Waals surface area contributed by atoms with Gasteiger partial charge >= 0.3 is 0 Å². The van der Waals surface area contributed by atoms with Gasteiger partial charge in [-0.1, -0.05) is 12.1 Å². The molecule has 2 aromatic heterocycles. The van der Waals surface area contributed by atoms with Gasteiger partial charge in [0, 0.05) is 55.3 Å².